The quantitative estimate of drug-likeness (QED) is 0.462. The van der Waals surface area contributed by atoms with Crippen LogP contribution in [0.15, 0.2) is 11.8 Å². The second kappa shape index (κ2) is 7.15. The molecule has 0 rings (SSSR count). The largest absolute Gasteiger partial charge is 0.303 e. The molecular formula is C15H30OSi. The van der Waals surface area contributed by atoms with E-state index in [2.05, 4.69) is 60.2 Å². The van der Waals surface area contributed by atoms with Crippen molar-refractivity contribution in [2.24, 2.45) is 5.92 Å². The monoisotopic (exact) mass is 254 g/mol. The lowest BCUT2D eigenvalue weighted by Crippen LogP contribution is -2.42. The van der Waals surface area contributed by atoms with E-state index in [1.165, 1.54) is 0 Å². The molecule has 0 spiro atoms. The highest BCUT2D eigenvalue weighted by Gasteiger charge is 2.40. The summed E-state index contributed by atoms with van der Waals surface area (Å²) in [5, 5.41) is 0. The zero-order valence-corrected chi connectivity index (χ0v) is 13.7. The Morgan fingerprint density at radius 3 is 1.59 bits per heavy atom. The molecule has 0 aliphatic heterocycles. The molecule has 0 aliphatic carbocycles. The van der Waals surface area contributed by atoms with Gasteiger partial charge >= 0.3 is 0 Å². The summed E-state index contributed by atoms with van der Waals surface area (Å²) in [5.41, 5.74) is 4.77. The van der Waals surface area contributed by atoms with Crippen LogP contribution in [-0.4, -0.2) is 14.4 Å². The average Bonchev–Trinajstić information content (AvgIpc) is 2.17. The topological polar surface area (TPSA) is 17.1 Å². The molecule has 0 N–H and O–H groups in total. The molecule has 0 saturated carbocycles. The van der Waals surface area contributed by atoms with Crippen molar-refractivity contribution in [2.45, 2.75) is 71.5 Å². The maximum atomic E-state index is 10.5. The highest BCUT2D eigenvalue weighted by atomic mass is 28.3. The Labute approximate surface area is 109 Å². The molecule has 0 radical (unpaired) electrons. The Hall–Kier alpha value is -0.373. The molecule has 0 saturated heterocycles. The van der Waals surface area contributed by atoms with Crippen molar-refractivity contribution in [3.63, 3.8) is 0 Å². The van der Waals surface area contributed by atoms with Gasteiger partial charge in [0.15, 0.2) is 0 Å². The van der Waals surface area contributed by atoms with E-state index in [0.29, 0.717) is 12.3 Å². The summed E-state index contributed by atoms with van der Waals surface area (Å²) in [5.74, 6) is 0.385. The van der Waals surface area contributed by atoms with Gasteiger partial charge in [-0.15, -0.1) is 0 Å². The second-order valence-corrected chi connectivity index (χ2v) is 12.0. The summed E-state index contributed by atoms with van der Waals surface area (Å²) >= 11 is 0. The lowest BCUT2D eigenvalue weighted by atomic mass is 10.1. The van der Waals surface area contributed by atoms with Crippen molar-refractivity contribution < 1.29 is 4.79 Å². The van der Waals surface area contributed by atoms with E-state index in [0.717, 1.165) is 22.9 Å². The fourth-order valence-electron chi connectivity index (χ4n) is 3.14. The van der Waals surface area contributed by atoms with E-state index in [9.17, 15) is 4.79 Å². The molecule has 17 heavy (non-hydrogen) atoms. The minimum atomic E-state index is -1.42. The predicted molar refractivity (Wildman–Crippen MR) is 80.0 cm³/mol. The van der Waals surface area contributed by atoms with Crippen LogP contribution in [0.3, 0.4) is 0 Å². The van der Waals surface area contributed by atoms with E-state index in [4.69, 9.17) is 0 Å². The molecule has 0 aromatic heterocycles. The Bertz CT molecular complexity index is 232. The van der Waals surface area contributed by atoms with Gasteiger partial charge in [0.1, 0.15) is 6.29 Å². The zero-order chi connectivity index (χ0) is 13.6. The van der Waals surface area contributed by atoms with Crippen molar-refractivity contribution in [3.8, 4) is 0 Å². The first-order valence-corrected chi connectivity index (χ1v) is 9.22. The van der Waals surface area contributed by atoms with Crippen molar-refractivity contribution in [1.29, 1.82) is 0 Å². The van der Waals surface area contributed by atoms with Crippen LogP contribution in [0.25, 0.3) is 0 Å². The van der Waals surface area contributed by atoms with Crippen molar-refractivity contribution in [2.75, 3.05) is 0 Å². The highest BCUT2D eigenvalue weighted by Crippen LogP contribution is 2.42. The van der Waals surface area contributed by atoms with Crippen molar-refractivity contribution in [3.05, 3.63) is 11.8 Å². The Kier molecular flexibility index (Phi) is 6.99. The molecule has 0 aliphatic rings. The fraction of sp³-hybridized carbons (Fsp3) is 0.800. The van der Waals surface area contributed by atoms with Crippen molar-refractivity contribution in [1.82, 2.24) is 0 Å². The summed E-state index contributed by atoms with van der Waals surface area (Å²) in [6.07, 6.45) is 3.97. The van der Waals surface area contributed by atoms with Gasteiger partial charge in [-0.1, -0.05) is 60.2 Å². The summed E-state index contributed by atoms with van der Waals surface area (Å²) in [4.78, 5) is 10.5. The second-order valence-electron chi connectivity index (χ2n) is 6.20. The first-order valence-electron chi connectivity index (χ1n) is 6.92. The number of aldehydes is 1. The lowest BCUT2D eigenvalue weighted by Gasteiger charge is -2.41. The van der Waals surface area contributed by atoms with Gasteiger partial charge in [-0.05, 0) is 22.5 Å². The molecule has 0 fully saturated rings. The standard InChI is InChI=1S/C15H30OSi/c1-12(2)17(13(3)4,14(5)6)11-9-15(7)8-10-16/h9-15H,8H2,1-7H3/b11-9+/t15-/m0/s1. The van der Waals surface area contributed by atoms with Gasteiger partial charge in [-0.25, -0.2) is 0 Å². The van der Waals surface area contributed by atoms with Gasteiger partial charge in [0.2, 0.25) is 0 Å². The Morgan fingerprint density at radius 1 is 0.882 bits per heavy atom. The third kappa shape index (κ3) is 4.09. The number of rotatable bonds is 7. The molecule has 0 amide bonds. The number of hydrogen-bond acceptors (Lipinski definition) is 1. The Morgan fingerprint density at radius 2 is 1.29 bits per heavy atom. The molecule has 1 nitrogen and oxygen atoms in total. The fourth-order valence-corrected chi connectivity index (χ4v) is 8.96. The molecule has 1 atom stereocenters. The van der Waals surface area contributed by atoms with Gasteiger partial charge in [-0.2, -0.15) is 0 Å². The van der Waals surface area contributed by atoms with Crippen LogP contribution in [-0.2, 0) is 4.79 Å². The van der Waals surface area contributed by atoms with Crippen LogP contribution in [0.2, 0.25) is 16.6 Å². The van der Waals surface area contributed by atoms with E-state index in [1.54, 1.807) is 0 Å². The predicted octanol–water partition coefficient (Wildman–Crippen LogP) is 4.99. The number of hydrogen-bond donors (Lipinski definition) is 0. The van der Waals surface area contributed by atoms with E-state index in [-0.39, 0.29) is 0 Å². The summed E-state index contributed by atoms with van der Waals surface area (Å²) in [7, 11) is -1.42. The van der Waals surface area contributed by atoms with E-state index >= 15 is 0 Å². The third-order valence-electron chi connectivity index (χ3n) is 4.18. The average molecular weight is 254 g/mol. The molecule has 2 heteroatoms. The summed E-state index contributed by atoms with van der Waals surface area (Å²) < 4.78 is 0. The number of allylic oxidation sites excluding steroid dienone is 1. The molecule has 0 aromatic carbocycles. The van der Waals surface area contributed by atoms with Crippen LogP contribution in [0, 0.1) is 5.92 Å². The minimum absolute atomic E-state index is 0.385. The Balaban J connectivity index is 5.11. The zero-order valence-electron chi connectivity index (χ0n) is 12.7. The maximum Gasteiger partial charge on any atom is 0.120 e. The van der Waals surface area contributed by atoms with Crippen LogP contribution in [0.1, 0.15) is 54.9 Å². The van der Waals surface area contributed by atoms with Gasteiger partial charge in [-0.3, -0.25) is 0 Å². The number of carbonyl (C=O) groups excluding carboxylic acids is 1. The molecular weight excluding hydrogens is 224 g/mol. The van der Waals surface area contributed by atoms with Crippen LogP contribution < -0.4 is 0 Å². The van der Waals surface area contributed by atoms with E-state index in [1.807, 2.05) is 0 Å². The third-order valence-corrected chi connectivity index (χ3v) is 11.0. The highest BCUT2D eigenvalue weighted by molar-refractivity contribution is 6.87. The van der Waals surface area contributed by atoms with Gasteiger partial charge in [0.05, 0.1) is 8.07 Å². The lowest BCUT2D eigenvalue weighted by molar-refractivity contribution is -0.108. The minimum Gasteiger partial charge on any atom is -0.303 e. The first kappa shape index (κ1) is 16.6. The molecule has 0 unspecified atom stereocenters. The summed E-state index contributed by atoms with van der Waals surface area (Å²) in [6.45, 7) is 16.3. The molecule has 0 aromatic rings. The van der Waals surface area contributed by atoms with Crippen molar-refractivity contribution >= 4 is 14.4 Å². The van der Waals surface area contributed by atoms with E-state index < -0.39 is 8.07 Å². The van der Waals surface area contributed by atoms with Gasteiger partial charge in [0, 0.05) is 6.42 Å². The first-order chi connectivity index (χ1) is 7.78. The van der Waals surface area contributed by atoms with Crippen LogP contribution >= 0.6 is 0 Å². The van der Waals surface area contributed by atoms with Crippen LogP contribution in [0.5, 0.6) is 0 Å². The smallest absolute Gasteiger partial charge is 0.120 e. The normalized spacial score (nSPS) is 15.2. The molecule has 0 heterocycles. The molecule has 100 valence electrons. The van der Waals surface area contributed by atoms with Gasteiger partial charge < -0.3 is 4.79 Å². The number of carbonyl (C=O) groups is 1. The van der Waals surface area contributed by atoms with Crippen LogP contribution in [0.4, 0.5) is 0 Å². The maximum absolute atomic E-state index is 10.5. The molecule has 0 bridgehead atoms. The SMILES string of the molecule is CC(C)[Si](/C=C/[C@@H](C)CC=O)(C(C)C)C(C)C. The summed E-state index contributed by atoms with van der Waals surface area (Å²) in [6, 6.07) is 0. The van der Waals surface area contributed by atoms with Gasteiger partial charge in [0.25, 0.3) is 0 Å².